The summed E-state index contributed by atoms with van der Waals surface area (Å²) in [6, 6.07) is 67.1. The Morgan fingerprint density at radius 2 is 0.473 bits per heavy atom. The summed E-state index contributed by atoms with van der Waals surface area (Å²) >= 11 is 0. The molecule has 0 aliphatic heterocycles. The number of rotatable bonds is 10. The third kappa shape index (κ3) is 10.8. The van der Waals surface area contributed by atoms with Gasteiger partial charge in [0.15, 0.2) is 0 Å². The second-order valence-corrected chi connectivity index (χ2v) is 21.3. The molecule has 6 aromatic carbocycles. The van der Waals surface area contributed by atoms with Crippen LogP contribution >= 0.6 is 0 Å². The first-order valence-electron chi connectivity index (χ1n) is 19.6. The molecule has 55 heavy (non-hydrogen) atoms. The van der Waals surface area contributed by atoms with E-state index in [4.69, 9.17) is 9.96 Å². The third-order valence-corrected chi connectivity index (χ3v) is 19.6. The Morgan fingerprint density at radius 1 is 0.291 bits per heavy atom. The van der Waals surface area contributed by atoms with E-state index in [2.05, 4.69) is 182 Å². The zero-order valence-corrected chi connectivity index (χ0v) is 37.7. The molecule has 0 bridgehead atoms. The quantitative estimate of drug-likeness (QED) is 0.150. The molecular formula is C48H52Cl2N2Si2Zr. The van der Waals surface area contributed by atoms with Crippen LogP contribution in [0.1, 0.15) is 64.2 Å². The van der Waals surface area contributed by atoms with E-state index in [9.17, 15) is 0 Å². The Labute approximate surface area is 364 Å². The SMILES string of the molecule is [Cl-].[Cl-].[Zr+4].c1ccc([Si]([N-]C2CCCCC2)(c2ccccc2)c2ccccc2)cc1.c1ccc([Si]([N-]C2CCCCC2)(c2ccccc2)c2ccccc2)cc1. The molecule has 0 saturated heterocycles. The van der Waals surface area contributed by atoms with Crippen LogP contribution in [0.3, 0.4) is 0 Å². The van der Waals surface area contributed by atoms with Crippen LogP contribution in [-0.2, 0) is 26.2 Å². The molecule has 8 rings (SSSR count). The fourth-order valence-electron chi connectivity index (χ4n) is 8.49. The molecule has 0 spiro atoms. The standard InChI is InChI=1S/2C24H26NSi.2ClH.Zr/c2*1-5-13-21(14-6-1)25-26(22-15-7-2-8-16-22,23-17-9-3-10-18-23)24-19-11-4-12-20-24;;;/h2*2-4,7-12,15-21H,1,5-6,13-14H2;2*1H;/q2*-1;;;+4/p-2. The number of nitrogens with zero attached hydrogens (tertiary/aromatic N) is 2. The van der Waals surface area contributed by atoms with Crippen molar-refractivity contribution in [2.45, 2.75) is 76.3 Å². The van der Waals surface area contributed by atoms with E-state index < -0.39 is 16.5 Å². The number of benzene rings is 6. The van der Waals surface area contributed by atoms with Crippen molar-refractivity contribution in [2.75, 3.05) is 0 Å². The van der Waals surface area contributed by atoms with Gasteiger partial charge in [0.25, 0.3) is 0 Å². The van der Waals surface area contributed by atoms with Crippen LogP contribution in [0.15, 0.2) is 182 Å². The summed E-state index contributed by atoms with van der Waals surface area (Å²) in [5.74, 6) is 0. The summed E-state index contributed by atoms with van der Waals surface area (Å²) in [4.78, 5) is 11.4. The van der Waals surface area contributed by atoms with Gasteiger partial charge >= 0.3 is 26.2 Å². The topological polar surface area (TPSA) is 28.2 Å². The van der Waals surface area contributed by atoms with Crippen LogP contribution in [0.2, 0.25) is 0 Å². The molecule has 0 atom stereocenters. The van der Waals surface area contributed by atoms with Crippen molar-refractivity contribution in [3.63, 3.8) is 0 Å². The summed E-state index contributed by atoms with van der Waals surface area (Å²) in [5, 5.41) is 8.35. The minimum atomic E-state index is -2.39. The molecule has 2 nitrogen and oxygen atoms in total. The van der Waals surface area contributed by atoms with E-state index in [1.54, 1.807) is 0 Å². The molecule has 0 radical (unpaired) electrons. The first-order chi connectivity index (χ1) is 25.8. The van der Waals surface area contributed by atoms with Gasteiger partial charge in [-0.05, 0) is 0 Å². The van der Waals surface area contributed by atoms with Gasteiger partial charge in [-0.15, -0.1) is 12.1 Å². The fourth-order valence-corrected chi connectivity index (χ4v) is 17.0. The average Bonchev–Trinajstić information content (AvgIpc) is 3.25. The predicted octanol–water partition coefficient (Wildman–Crippen LogP) is 2.73. The van der Waals surface area contributed by atoms with Crippen LogP contribution < -0.4 is 55.9 Å². The maximum Gasteiger partial charge on any atom is 4.00 e. The molecule has 0 heterocycles. The van der Waals surface area contributed by atoms with E-state index >= 15 is 0 Å². The monoisotopic (exact) mass is 872 g/mol. The van der Waals surface area contributed by atoms with Crippen LogP contribution in [0.4, 0.5) is 0 Å². The van der Waals surface area contributed by atoms with Crippen LogP contribution in [0.25, 0.3) is 9.96 Å². The molecule has 280 valence electrons. The second kappa shape index (κ2) is 22.8. The van der Waals surface area contributed by atoms with Gasteiger partial charge in [0.1, 0.15) is 0 Å². The predicted molar refractivity (Wildman–Crippen MR) is 228 cm³/mol. The van der Waals surface area contributed by atoms with E-state index in [-0.39, 0.29) is 51.0 Å². The minimum Gasteiger partial charge on any atom is -1.00 e. The molecule has 6 aromatic rings. The van der Waals surface area contributed by atoms with Crippen molar-refractivity contribution in [1.29, 1.82) is 0 Å². The van der Waals surface area contributed by atoms with Crippen LogP contribution in [0, 0.1) is 0 Å². The Hall–Kier alpha value is -2.86. The molecule has 7 heteroatoms. The average molecular weight is 875 g/mol. The Balaban J connectivity index is 0.000000232. The van der Waals surface area contributed by atoms with Crippen molar-refractivity contribution in [3.8, 4) is 0 Å². The zero-order valence-electron chi connectivity index (χ0n) is 31.7. The summed E-state index contributed by atoms with van der Waals surface area (Å²) < 4.78 is 0. The van der Waals surface area contributed by atoms with Gasteiger partial charge in [-0.3, -0.25) is 0 Å². The van der Waals surface area contributed by atoms with Crippen molar-refractivity contribution in [3.05, 3.63) is 192 Å². The fraction of sp³-hybridized carbons (Fsp3) is 0.250. The molecule has 2 aliphatic rings. The molecule has 0 unspecified atom stereocenters. The maximum atomic E-state index is 5.72. The van der Waals surface area contributed by atoms with Crippen LogP contribution in [0.5, 0.6) is 0 Å². The molecule has 0 N–H and O–H groups in total. The zero-order chi connectivity index (χ0) is 35.3. The smallest absolute Gasteiger partial charge is 1.00 e. The van der Waals surface area contributed by atoms with Gasteiger partial charge in [0.05, 0.1) is 0 Å². The van der Waals surface area contributed by atoms with E-state index in [1.807, 2.05) is 0 Å². The summed E-state index contributed by atoms with van der Waals surface area (Å²) in [7, 11) is -4.77. The maximum absolute atomic E-state index is 5.72. The van der Waals surface area contributed by atoms with Gasteiger partial charge in [0, 0.05) is 16.5 Å². The largest absolute Gasteiger partial charge is 4.00 e. The number of halogens is 2. The molecule has 2 saturated carbocycles. The van der Waals surface area contributed by atoms with Crippen LogP contribution in [-0.4, -0.2) is 28.6 Å². The summed E-state index contributed by atoms with van der Waals surface area (Å²) in [6.45, 7) is 0. The van der Waals surface area contributed by atoms with Crippen molar-refractivity contribution >= 4 is 47.6 Å². The summed E-state index contributed by atoms with van der Waals surface area (Å²) in [6.07, 6.45) is 12.9. The molecular weight excluding hydrogens is 823 g/mol. The molecule has 0 aromatic heterocycles. The Kier molecular flexibility index (Phi) is 18.6. The second-order valence-electron chi connectivity index (χ2n) is 14.5. The van der Waals surface area contributed by atoms with E-state index in [1.165, 1.54) is 95.3 Å². The van der Waals surface area contributed by atoms with E-state index in [0.717, 1.165) is 0 Å². The third-order valence-electron chi connectivity index (χ3n) is 11.1. The Morgan fingerprint density at radius 3 is 0.655 bits per heavy atom. The molecule has 2 aliphatic carbocycles. The van der Waals surface area contributed by atoms with Crippen molar-refractivity contribution in [2.24, 2.45) is 0 Å². The van der Waals surface area contributed by atoms with E-state index in [0.29, 0.717) is 12.1 Å². The van der Waals surface area contributed by atoms with Gasteiger partial charge < -0.3 is 34.8 Å². The number of hydrogen-bond acceptors (Lipinski definition) is 0. The van der Waals surface area contributed by atoms with Gasteiger partial charge in [-0.25, -0.2) is 0 Å². The minimum absolute atomic E-state index is 0. The normalized spacial score (nSPS) is 14.8. The number of hydrogen-bond donors (Lipinski definition) is 0. The van der Waals surface area contributed by atoms with Crippen molar-refractivity contribution in [1.82, 2.24) is 0 Å². The Bertz CT molecular complexity index is 1560. The first-order valence-corrected chi connectivity index (χ1v) is 23.5. The first kappa shape index (κ1) is 44.8. The molecule has 2 fully saturated rings. The van der Waals surface area contributed by atoms with Gasteiger partial charge in [-0.1, -0.05) is 277 Å². The van der Waals surface area contributed by atoms with Crippen molar-refractivity contribution < 1.29 is 51.0 Å². The van der Waals surface area contributed by atoms with Gasteiger partial charge in [-0.2, -0.15) is 0 Å². The molecule has 0 amide bonds. The summed E-state index contributed by atoms with van der Waals surface area (Å²) in [5.41, 5.74) is 0. The van der Waals surface area contributed by atoms with Gasteiger partial charge in [0.2, 0.25) is 0 Å².